The third kappa shape index (κ3) is 5.21. The fourth-order valence-corrected chi connectivity index (χ4v) is 2.90. The molecule has 0 radical (unpaired) electrons. The molecular weight excluding hydrogens is 262 g/mol. The Morgan fingerprint density at radius 3 is 2.22 bits per heavy atom. The first-order valence-electron chi connectivity index (χ1n) is 6.75. The summed E-state index contributed by atoms with van der Waals surface area (Å²) in [6.45, 7) is 1.03. The third-order valence-corrected chi connectivity index (χ3v) is 4.35. The van der Waals surface area contributed by atoms with Crippen LogP contribution in [0.25, 0.3) is 0 Å². The van der Waals surface area contributed by atoms with Gasteiger partial charge in [-0.15, -0.1) is 24.2 Å². The number of halogens is 1. The Hall–Kier alpha value is -0.180. The average Bonchev–Trinajstić information content (AvgIpc) is 2.65. The van der Waals surface area contributed by atoms with Gasteiger partial charge in [-0.1, -0.05) is 37.8 Å². The first-order valence-corrected chi connectivity index (χ1v) is 7.97. The third-order valence-electron chi connectivity index (χ3n) is 3.61. The minimum Gasteiger partial charge on any atom is -0.310 e. The molecule has 1 aliphatic rings. The molecule has 1 N–H and O–H groups in total. The van der Waals surface area contributed by atoms with Crippen LogP contribution in [0.5, 0.6) is 0 Å². The van der Waals surface area contributed by atoms with Gasteiger partial charge in [0, 0.05) is 17.5 Å². The average molecular weight is 286 g/mol. The van der Waals surface area contributed by atoms with E-state index in [4.69, 9.17) is 0 Å². The Morgan fingerprint density at radius 2 is 1.67 bits per heavy atom. The Kier molecular flexibility index (Phi) is 7.80. The zero-order valence-electron chi connectivity index (χ0n) is 11.2. The largest absolute Gasteiger partial charge is 0.310 e. The molecule has 1 fully saturated rings. The van der Waals surface area contributed by atoms with E-state index < -0.39 is 0 Å². The van der Waals surface area contributed by atoms with Crippen molar-refractivity contribution in [3.05, 3.63) is 29.8 Å². The van der Waals surface area contributed by atoms with Gasteiger partial charge in [-0.3, -0.25) is 0 Å². The van der Waals surface area contributed by atoms with Gasteiger partial charge in [0.2, 0.25) is 0 Å². The maximum Gasteiger partial charge on any atom is 0.0208 e. The lowest BCUT2D eigenvalue weighted by Gasteiger charge is -2.16. The molecule has 0 amide bonds. The van der Waals surface area contributed by atoms with Crippen LogP contribution in [0.3, 0.4) is 0 Å². The van der Waals surface area contributed by atoms with Gasteiger partial charge < -0.3 is 5.32 Å². The molecule has 0 unspecified atom stereocenters. The van der Waals surface area contributed by atoms with Crippen LogP contribution >= 0.6 is 24.2 Å². The molecule has 2 rings (SSSR count). The molecule has 1 saturated carbocycles. The van der Waals surface area contributed by atoms with Gasteiger partial charge in [0.15, 0.2) is 0 Å². The van der Waals surface area contributed by atoms with Crippen molar-refractivity contribution in [3.8, 4) is 0 Å². The molecule has 1 nitrogen and oxygen atoms in total. The second-order valence-corrected chi connectivity index (χ2v) is 5.80. The van der Waals surface area contributed by atoms with E-state index >= 15 is 0 Å². The van der Waals surface area contributed by atoms with Gasteiger partial charge in [-0.05, 0) is 36.8 Å². The number of thioether (sulfide) groups is 1. The monoisotopic (exact) mass is 285 g/mol. The highest BCUT2D eigenvalue weighted by molar-refractivity contribution is 7.98. The summed E-state index contributed by atoms with van der Waals surface area (Å²) in [6.07, 6.45) is 10.5. The molecule has 0 aliphatic heterocycles. The van der Waals surface area contributed by atoms with Gasteiger partial charge in [0.05, 0.1) is 0 Å². The van der Waals surface area contributed by atoms with Crippen LogP contribution in [0.1, 0.15) is 44.1 Å². The highest BCUT2D eigenvalue weighted by Crippen LogP contribution is 2.18. The van der Waals surface area contributed by atoms with Crippen molar-refractivity contribution in [2.75, 3.05) is 6.26 Å². The van der Waals surface area contributed by atoms with Crippen molar-refractivity contribution >= 4 is 24.2 Å². The molecule has 102 valence electrons. The first-order chi connectivity index (χ1) is 8.38. The molecule has 1 aromatic rings. The number of nitrogens with one attached hydrogen (secondary N) is 1. The van der Waals surface area contributed by atoms with E-state index in [1.807, 2.05) is 0 Å². The van der Waals surface area contributed by atoms with Crippen LogP contribution in [0.2, 0.25) is 0 Å². The lowest BCUT2D eigenvalue weighted by atomic mass is 10.1. The molecule has 0 heterocycles. The summed E-state index contributed by atoms with van der Waals surface area (Å²) in [5, 5.41) is 3.71. The van der Waals surface area contributed by atoms with Gasteiger partial charge >= 0.3 is 0 Å². The Bertz CT molecular complexity index is 318. The second kappa shape index (κ2) is 8.84. The van der Waals surface area contributed by atoms with E-state index in [0.717, 1.165) is 12.6 Å². The van der Waals surface area contributed by atoms with Crippen molar-refractivity contribution in [1.29, 1.82) is 0 Å². The standard InChI is InChI=1S/C15H23NS.ClH/c1-17-15-10-8-13(9-11-15)12-16-14-6-4-2-3-5-7-14;/h8-11,14,16H,2-7,12H2,1H3;1H. The predicted molar refractivity (Wildman–Crippen MR) is 83.8 cm³/mol. The molecule has 0 aromatic heterocycles. The zero-order valence-corrected chi connectivity index (χ0v) is 12.8. The van der Waals surface area contributed by atoms with E-state index in [0.29, 0.717) is 0 Å². The van der Waals surface area contributed by atoms with Gasteiger partial charge in [-0.2, -0.15) is 0 Å². The summed E-state index contributed by atoms with van der Waals surface area (Å²) >= 11 is 1.81. The van der Waals surface area contributed by atoms with E-state index in [-0.39, 0.29) is 12.4 Å². The molecule has 3 heteroatoms. The van der Waals surface area contributed by atoms with Crippen LogP contribution in [0.4, 0.5) is 0 Å². The maximum atomic E-state index is 3.71. The van der Waals surface area contributed by atoms with Crippen LogP contribution in [-0.2, 0) is 6.54 Å². The summed E-state index contributed by atoms with van der Waals surface area (Å²) in [6, 6.07) is 9.67. The summed E-state index contributed by atoms with van der Waals surface area (Å²) in [5.74, 6) is 0. The van der Waals surface area contributed by atoms with Crippen LogP contribution in [0, 0.1) is 0 Å². The second-order valence-electron chi connectivity index (χ2n) is 4.92. The molecule has 0 spiro atoms. The summed E-state index contributed by atoms with van der Waals surface area (Å²) in [7, 11) is 0. The predicted octanol–water partition coefficient (Wildman–Crippen LogP) is 4.64. The summed E-state index contributed by atoms with van der Waals surface area (Å²) < 4.78 is 0. The van der Waals surface area contributed by atoms with Crippen LogP contribution < -0.4 is 5.32 Å². The SMILES string of the molecule is CSc1ccc(CNC2CCCCCC2)cc1.Cl. The zero-order chi connectivity index (χ0) is 11.9. The van der Waals surface area contributed by atoms with E-state index in [1.54, 1.807) is 11.8 Å². The van der Waals surface area contributed by atoms with Crippen molar-refractivity contribution in [2.24, 2.45) is 0 Å². The van der Waals surface area contributed by atoms with E-state index in [2.05, 4.69) is 35.8 Å². The highest BCUT2D eigenvalue weighted by Gasteiger charge is 2.10. The van der Waals surface area contributed by atoms with Crippen molar-refractivity contribution in [2.45, 2.75) is 56.0 Å². The number of benzene rings is 1. The summed E-state index contributed by atoms with van der Waals surface area (Å²) in [5.41, 5.74) is 1.41. The van der Waals surface area contributed by atoms with Crippen molar-refractivity contribution in [1.82, 2.24) is 5.32 Å². The minimum atomic E-state index is 0. The van der Waals surface area contributed by atoms with Crippen molar-refractivity contribution < 1.29 is 0 Å². The number of hydrogen-bond donors (Lipinski definition) is 1. The van der Waals surface area contributed by atoms with Gasteiger partial charge in [-0.25, -0.2) is 0 Å². The normalized spacial score (nSPS) is 16.9. The topological polar surface area (TPSA) is 12.0 Å². The molecule has 0 saturated heterocycles. The molecule has 18 heavy (non-hydrogen) atoms. The maximum absolute atomic E-state index is 3.71. The molecular formula is C15H24ClNS. The van der Waals surface area contributed by atoms with E-state index in [9.17, 15) is 0 Å². The van der Waals surface area contributed by atoms with Gasteiger partial charge in [0.1, 0.15) is 0 Å². The molecule has 1 aromatic carbocycles. The van der Waals surface area contributed by atoms with Gasteiger partial charge in [0.25, 0.3) is 0 Å². The van der Waals surface area contributed by atoms with Crippen molar-refractivity contribution in [3.63, 3.8) is 0 Å². The smallest absolute Gasteiger partial charge is 0.0208 e. The Morgan fingerprint density at radius 1 is 1.06 bits per heavy atom. The van der Waals surface area contributed by atoms with E-state index in [1.165, 1.54) is 49.0 Å². The Labute approximate surface area is 122 Å². The number of hydrogen-bond acceptors (Lipinski definition) is 2. The molecule has 0 bridgehead atoms. The van der Waals surface area contributed by atoms with Crippen LogP contribution in [0.15, 0.2) is 29.2 Å². The lowest BCUT2D eigenvalue weighted by molar-refractivity contribution is 0.459. The lowest BCUT2D eigenvalue weighted by Crippen LogP contribution is -2.27. The quantitative estimate of drug-likeness (QED) is 0.639. The Balaban J connectivity index is 0.00000162. The van der Waals surface area contributed by atoms with Crippen LogP contribution in [-0.4, -0.2) is 12.3 Å². The molecule has 0 atom stereocenters. The molecule has 1 aliphatic carbocycles. The minimum absolute atomic E-state index is 0. The number of rotatable bonds is 4. The fraction of sp³-hybridized carbons (Fsp3) is 0.600. The fourth-order valence-electron chi connectivity index (χ4n) is 2.49. The highest BCUT2D eigenvalue weighted by atomic mass is 35.5. The summed E-state index contributed by atoms with van der Waals surface area (Å²) in [4.78, 5) is 1.35. The first kappa shape index (κ1) is 15.9.